The minimum Gasteiger partial charge on any atom is -0.356 e. The standard InChI is InChI=1S/C18H34N6.HI/c1-3-22-14-16-24(17-15-22)10-5-4-8-20-18(19-2)21-9-13-23-11-6-7-12-23;/h6-7,11-12H,3-5,8-10,13-17H2,1-2H3,(H2,19,20,21);1H. The van der Waals surface area contributed by atoms with Gasteiger partial charge in [0.15, 0.2) is 5.96 Å². The Bertz CT molecular complexity index is 454. The van der Waals surface area contributed by atoms with Crippen LogP contribution >= 0.6 is 24.0 Å². The van der Waals surface area contributed by atoms with Gasteiger partial charge in [-0.15, -0.1) is 24.0 Å². The van der Waals surface area contributed by atoms with Gasteiger partial charge in [0.2, 0.25) is 0 Å². The molecule has 0 radical (unpaired) electrons. The Kier molecular flexibility index (Phi) is 11.9. The zero-order chi connectivity index (χ0) is 17.0. The first-order chi connectivity index (χ1) is 11.8. The van der Waals surface area contributed by atoms with Gasteiger partial charge in [0.25, 0.3) is 0 Å². The fraction of sp³-hybridized carbons (Fsp3) is 0.722. The maximum atomic E-state index is 4.28. The second kappa shape index (κ2) is 13.4. The molecule has 0 aromatic carbocycles. The number of guanidine groups is 1. The van der Waals surface area contributed by atoms with E-state index in [9.17, 15) is 0 Å². The third kappa shape index (κ3) is 8.91. The number of hydrogen-bond acceptors (Lipinski definition) is 3. The monoisotopic (exact) mass is 462 g/mol. The van der Waals surface area contributed by atoms with Gasteiger partial charge in [-0.1, -0.05) is 6.92 Å². The molecular weight excluding hydrogens is 427 g/mol. The molecule has 25 heavy (non-hydrogen) atoms. The summed E-state index contributed by atoms with van der Waals surface area (Å²) in [6, 6.07) is 4.10. The van der Waals surface area contributed by atoms with Crippen LogP contribution < -0.4 is 10.6 Å². The number of aromatic nitrogens is 1. The molecule has 0 atom stereocenters. The van der Waals surface area contributed by atoms with E-state index in [2.05, 4.69) is 61.4 Å². The van der Waals surface area contributed by atoms with Crippen molar-refractivity contribution in [2.45, 2.75) is 26.3 Å². The molecule has 2 heterocycles. The Hall–Kier alpha value is -0.800. The van der Waals surface area contributed by atoms with Gasteiger partial charge in [0.05, 0.1) is 0 Å². The summed E-state index contributed by atoms with van der Waals surface area (Å²) in [6.45, 7) is 12.4. The number of likely N-dealkylation sites (N-methyl/N-ethyl adjacent to an activating group) is 1. The summed E-state index contributed by atoms with van der Waals surface area (Å²) >= 11 is 0. The second-order valence-corrected chi connectivity index (χ2v) is 6.33. The lowest BCUT2D eigenvalue weighted by molar-refractivity contribution is 0.136. The van der Waals surface area contributed by atoms with E-state index in [4.69, 9.17) is 0 Å². The highest BCUT2D eigenvalue weighted by Crippen LogP contribution is 2.02. The second-order valence-electron chi connectivity index (χ2n) is 6.33. The molecule has 2 rings (SSSR count). The Morgan fingerprint density at radius 3 is 2.20 bits per heavy atom. The fourth-order valence-electron chi connectivity index (χ4n) is 3.04. The Balaban J connectivity index is 0.00000312. The van der Waals surface area contributed by atoms with Crippen LogP contribution in [0.3, 0.4) is 0 Å². The zero-order valence-electron chi connectivity index (χ0n) is 15.8. The van der Waals surface area contributed by atoms with Crippen molar-refractivity contribution in [2.75, 3.05) is 59.4 Å². The number of halogens is 1. The molecular formula is C18H35IN6. The summed E-state index contributed by atoms with van der Waals surface area (Å²) in [6.07, 6.45) is 6.60. The first-order valence-corrected chi connectivity index (χ1v) is 9.32. The quantitative estimate of drug-likeness (QED) is 0.254. The Morgan fingerprint density at radius 1 is 0.920 bits per heavy atom. The van der Waals surface area contributed by atoms with Gasteiger partial charge in [-0.25, -0.2) is 0 Å². The van der Waals surface area contributed by atoms with Crippen LogP contribution in [-0.4, -0.2) is 79.7 Å². The van der Waals surface area contributed by atoms with Gasteiger partial charge in [-0.3, -0.25) is 4.99 Å². The lowest BCUT2D eigenvalue weighted by atomic mass is 10.2. The van der Waals surface area contributed by atoms with Crippen molar-refractivity contribution in [2.24, 2.45) is 4.99 Å². The molecule has 1 fully saturated rings. The first-order valence-electron chi connectivity index (χ1n) is 9.32. The minimum absolute atomic E-state index is 0. The first kappa shape index (κ1) is 22.2. The highest BCUT2D eigenvalue weighted by atomic mass is 127. The van der Waals surface area contributed by atoms with E-state index in [0.29, 0.717) is 0 Å². The summed E-state index contributed by atoms with van der Waals surface area (Å²) in [4.78, 5) is 9.40. The van der Waals surface area contributed by atoms with Gasteiger partial charge in [0.1, 0.15) is 0 Å². The zero-order valence-corrected chi connectivity index (χ0v) is 18.1. The number of rotatable bonds is 9. The SMILES string of the molecule is CCN1CCN(CCCCNC(=NC)NCCn2cccc2)CC1.I. The smallest absolute Gasteiger partial charge is 0.191 e. The molecule has 0 bridgehead atoms. The molecule has 1 aliphatic heterocycles. The lowest BCUT2D eigenvalue weighted by Gasteiger charge is -2.34. The van der Waals surface area contributed by atoms with Crippen LogP contribution in [0.1, 0.15) is 19.8 Å². The number of hydrogen-bond donors (Lipinski definition) is 2. The van der Waals surface area contributed by atoms with Gasteiger partial charge in [0, 0.05) is 65.3 Å². The average molecular weight is 462 g/mol. The van der Waals surface area contributed by atoms with Crippen LogP contribution in [-0.2, 0) is 6.54 Å². The predicted molar refractivity (Wildman–Crippen MR) is 117 cm³/mol. The van der Waals surface area contributed by atoms with Crippen LogP contribution in [0.4, 0.5) is 0 Å². The predicted octanol–water partition coefficient (Wildman–Crippen LogP) is 1.69. The van der Waals surface area contributed by atoms with Gasteiger partial charge < -0.3 is 25.0 Å². The summed E-state index contributed by atoms with van der Waals surface area (Å²) in [5.41, 5.74) is 0. The number of unbranched alkanes of at least 4 members (excludes halogenated alkanes) is 1. The highest BCUT2D eigenvalue weighted by molar-refractivity contribution is 14.0. The highest BCUT2D eigenvalue weighted by Gasteiger charge is 2.14. The van der Waals surface area contributed by atoms with E-state index in [0.717, 1.165) is 25.6 Å². The van der Waals surface area contributed by atoms with Crippen LogP contribution in [0.25, 0.3) is 0 Å². The Labute approximate surface area is 170 Å². The molecule has 1 aromatic heterocycles. The summed E-state index contributed by atoms with van der Waals surface area (Å²) in [5, 5.41) is 6.77. The van der Waals surface area contributed by atoms with E-state index in [1.165, 1.54) is 52.1 Å². The summed E-state index contributed by atoms with van der Waals surface area (Å²) in [7, 11) is 1.83. The molecule has 0 saturated carbocycles. The van der Waals surface area contributed by atoms with E-state index >= 15 is 0 Å². The third-order valence-electron chi connectivity index (χ3n) is 4.66. The van der Waals surface area contributed by atoms with E-state index < -0.39 is 0 Å². The summed E-state index contributed by atoms with van der Waals surface area (Å²) in [5.74, 6) is 0.902. The molecule has 0 amide bonds. The van der Waals surface area contributed by atoms with Crippen molar-refractivity contribution in [1.29, 1.82) is 0 Å². The third-order valence-corrected chi connectivity index (χ3v) is 4.66. The minimum atomic E-state index is 0. The van der Waals surface area contributed by atoms with Crippen molar-refractivity contribution >= 4 is 29.9 Å². The normalized spacial score (nSPS) is 16.5. The van der Waals surface area contributed by atoms with Crippen molar-refractivity contribution in [3.8, 4) is 0 Å². The van der Waals surface area contributed by atoms with Gasteiger partial charge in [-0.05, 0) is 38.1 Å². The van der Waals surface area contributed by atoms with Crippen molar-refractivity contribution in [3.05, 3.63) is 24.5 Å². The molecule has 6 nitrogen and oxygen atoms in total. The van der Waals surface area contributed by atoms with E-state index in [-0.39, 0.29) is 24.0 Å². The molecule has 1 aliphatic rings. The van der Waals surface area contributed by atoms with Crippen LogP contribution in [0.2, 0.25) is 0 Å². The number of piperazine rings is 1. The molecule has 0 unspecified atom stereocenters. The van der Waals surface area contributed by atoms with Crippen molar-refractivity contribution < 1.29 is 0 Å². The van der Waals surface area contributed by atoms with Gasteiger partial charge >= 0.3 is 0 Å². The lowest BCUT2D eigenvalue weighted by Crippen LogP contribution is -2.46. The Morgan fingerprint density at radius 2 is 1.56 bits per heavy atom. The average Bonchev–Trinajstić information content (AvgIpc) is 3.14. The molecule has 2 N–H and O–H groups in total. The molecule has 1 aromatic rings. The van der Waals surface area contributed by atoms with Crippen molar-refractivity contribution in [3.63, 3.8) is 0 Å². The summed E-state index contributed by atoms with van der Waals surface area (Å²) < 4.78 is 2.17. The van der Waals surface area contributed by atoms with Crippen LogP contribution in [0, 0.1) is 0 Å². The molecule has 0 aliphatic carbocycles. The molecule has 0 spiro atoms. The van der Waals surface area contributed by atoms with Crippen molar-refractivity contribution in [1.82, 2.24) is 25.0 Å². The largest absolute Gasteiger partial charge is 0.356 e. The molecule has 144 valence electrons. The topological polar surface area (TPSA) is 47.8 Å². The fourth-order valence-corrected chi connectivity index (χ4v) is 3.04. The van der Waals surface area contributed by atoms with Crippen LogP contribution in [0.5, 0.6) is 0 Å². The van der Waals surface area contributed by atoms with E-state index in [1.807, 2.05) is 7.05 Å². The maximum absolute atomic E-state index is 4.28. The molecule has 1 saturated heterocycles. The number of aliphatic imine (C=N–C) groups is 1. The van der Waals surface area contributed by atoms with Gasteiger partial charge in [-0.2, -0.15) is 0 Å². The number of nitrogens with one attached hydrogen (secondary N) is 2. The number of nitrogens with zero attached hydrogens (tertiary/aromatic N) is 4. The van der Waals surface area contributed by atoms with E-state index in [1.54, 1.807) is 0 Å². The van der Waals surface area contributed by atoms with Crippen LogP contribution in [0.15, 0.2) is 29.5 Å². The molecule has 7 heteroatoms. The maximum Gasteiger partial charge on any atom is 0.191 e.